The van der Waals surface area contributed by atoms with Crippen molar-refractivity contribution in [1.29, 1.82) is 10.7 Å². The highest BCUT2D eigenvalue weighted by Gasteiger charge is 2.09. The largest absolute Gasteiger partial charge is 0.382 e. The van der Waals surface area contributed by atoms with E-state index >= 15 is 0 Å². The standard InChI is InChI=1S/C7H5ClN4S.C6H6ClN3.C6H3ClN2/c8-4-2-1-3-10-5(4)6-11-7(9)13-12-6;7-4-2-1-3-10-5(4)6(8)9;7-5-2-1-3-9-6(5)4-8/h1-3H,(H2,9,11,12);1-3H,(H3,8,9);1-3H. The zero-order chi connectivity index (χ0) is 23.5. The van der Waals surface area contributed by atoms with Crippen LogP contribution in [0.15, 0.2) is 55.0 Å². The fourth-order valence-corrected chi connectivity index (χ4v) is 2.96. The highest BCUT2D eigenvalue weighted by atomic mass is 35.5. The molecule has 0 saturated carbocycles. The van der Waals surface area contributed by atoms with Crippen LogP contribution in [0.2, 0.25) is 15.1 Å². The Morgan fingerprint density at radius 2 is 1.53 bits per heavy atom. The van der Waals surface area contributed by atoms with Gasteiger partial charge in [0, 0.05) is 30.1 Å². The molecular weight excluding hydrogens is 493 g/mol. The topological polar surface area (TPSA) is 164 Å². The van der Waals surface area contributed by atoms with Crippen molar-refractivity contribution in [2.24, 2.45) is 5.73 Å². The molecule has 9 nitrogen and oxygen atoms in total. The Kier molecular flexibility index (Phi) is 9.72. The first kappa shape index (κ1) is 24.9. The van der Waals surface area contributed by atoms with E-state index in [-0.39, 0.29) is 11.5 Å². The summed E-state index contributed by atoms with van der Waals surface area (Å²) in [4.78, 5) is 15.5. The van der Waals surface area contributed by atoms with Gasteiger partial charge >= 0.3 is 0 Å². The molecule has 5 N–H and O–H groups in total. The average Bonchev–Trinajstić information content (AvgIpc) is 3.21. The molecule has 4 rings (SSSR count). The highest BCUT2D eigenvalue weighted by Crippen LogP contribution is 2.24. The third-order valence-corrected chi connectivity index (χ3v) is 4.75. The van der Waals surface area contributed by atoms with Crippen molar-refractivity contribution in [3.05, 3.63) is 81.4 Å². The number of hydrogen-bond donors (Lipinski definition) is 3. The molecule has 0 aliphatic heterocycles. The van der Waals surface area contributed by atoms with Crippen LogP contribution in [0.3, 0.4) is 0 Å². The number of nitrogens with zero attached hydrogens (tertiary/aromatic N) is 6. The summed E-state index contributed by atoms with van der Waals surface area (Å²) in [5.74, 6) is 0.374. The number of amidine groups is 1. The first-order chi connectivity index (χ1) is 15.3. The van der Waals surface area contributed by atoms with Gasteiger partial charge in [-0.2, -0.15) is 14.6 Å². The SMILES string of the molecule is N#Cc1ncccc1Cl.N=C(N)c1ncccc1Cl.Nc1nc(-c2ncccc2Cl)ns1. The minimum absolute atomic E-state index is 0.106. The number of nitrogens with two attached hydrogens (primary N) is 2. The lowest BCUT2D eigenvalue weighted by atomic mass is 10.3. The van der Waals surface area contributed by atoms with Crippen molar-refractivity contribution in [2.45, 2.75) is 0 Å². The Morgan fingerprint density at radius 3 is 1.97 bits per heavy atom. The fourth-order valence-electron chi connectivity index (χ4n) is 1.93. The molecule has 0 radical (unpaired) electrons. The van der Waals surface area contributed by atoms with Gasteiger partial charge < -0.3 is 11.5 Å². The van der Waals surface area contributed by atoms with Gasteiger partial charge in [-0.1, -0.05) is 34.8 Å². The summed E-state index contributed by atoms with van der Waals surface area (Å²) in [7, 11) is 0. The molecule has 13 heteroatoms. The Labute approximate surface area is 202 Å². The quantitative estimate of drug-likeness (QED) is 0.265. The lowest BCUT2D eigenvalue weighted by Crippen LogP contribution is -2.13. The number of anilines is 1. The van der Waals surface area contributed by atoms with Gasteiger partial charge in [-0.3, -0.25) is 15.4 Å². The van der Waals surface area contributed by atoms with E-state index in [2.05, 4.69) is 24.3 Å². The molecule has 32 heavy (non-hydrogen) atoms. The van der Waals surface area contributed by atoms with Gasteiger partial charge in [-0.05, 0) is 36.4 Å². The number of nitrogens with one attached hydrogen (secondary N) is 1. The molecule has 4 aromatic rings. The molecular formula is C19H14Cl3N9S. The van der Waals surface area contributed by atoms with Crippen molar-refractivity contribution in [3.8, 4) is 17.6 Å². The molecule has 0 atom stereocenters. The van der Waals surface area contributed by atoms with E-state index in [1.54, 1.807) is 48.8 Å². The molecule has 4 aromatic heterocycles. The summed E-state index contributed by atoms with van der Waals surface area (Å²) in [5, 5.41) is 17.1. The van der Waals surface area contributed by atoms with Crippen LogP contribution in [-0.2, 0) is 0 Å². The molecule has 0 aliphatic rings. The molecule has 162 valence electrons. The summed E-state index contributed by atoms with van der Waals surface area (Å²) in [6.45, 7) is 0. The summed E-state index contributed by atoms with van der Waals surface area (Å²) in [6.07, 6.45) is 4.71. The molecule has 4 heterocycles. The van der Waals surface area contributed by atoms with Gasteiger partial charge in [0.15, 0.2) is 16.6 Å². The predicted octanol–water partition coefficient (Wildman–Crippen LogP) is 4.46. The second-order valence-corrected chi connectivity index (χ2v) is 7.49. The zero-order valence-corrected chi connectivity index (χ0v) is 19.2. The van der Waals surface area contributed by atoms with E-state index in [9.17, 15) is 0 Å². The van der Waals surface area contributed by atoms with Crippen molar-refractivity contribution >= 4 is 57.3 Å². The summed E-state index contributed by atoms with van der Waals surface area (Å²) < 4.78 is 4.01. The van der Waals surface area contributed by atoms with E-state index in [0.29, 0.717) is 37.4 Å². The van der Waals surface area contributed by atoms with Gasteiger partial charge in [-0.15, -0.1) is 0 Å². The van der Waals surface area contributed by atoms with Gasteiger partial charge in [0.2, 0.25) is 0 Å². The van der Waals surface area contributed by atoms with Gasteiger partial charge in [0.05, 0.1) is 15.1 Å². The smallest absolute Gasteiger partial charge is 0.200 e. The number of halogens is 3. The minimum atomic E-state index is -0.106. The molecule has 0 saturated heterocycles. The molecule has 0 aliphatic carbocycles. The van der Waals surface area contributed by atoms with Crippen molar-refractivity contribution in [1.82, 2.24) is 24.3 Å². The monoisotopic (exact) mass is 505 g/mol. The first-order valence-corrected chi connectivity index (χ1v) is 10.4. The molecule has 0 aromatic carbocycles. The summed E-state index contributed by atoms with van der Waals surface area (Å²) >= 11 is 18.2. The van der Waals surface area contributed by atoms with Crippen LogP contribution in [0.1, 0.15) is 11.4 Å². The van der Waals surface area contributed by atoms with Crippen molar-refractivity contribution < 1.29 is 0 Å². The zero-order valence-electron chi connectivity index (χ0n) is 16.1. The Hall–Kier alpha value is -3.36. The molecule has 0 spiro atoms. The maximum Gasteiger partial charge on any atom is 0.200 e. The maximum atomic E-state index is 8.32. The lowest BCUT2D eigenvalue weighted by molar-refractivity contribution is 1.24. The summed E-state index contributed by atoms with van der Waals surface area (Å²) in [6, 6.07) is 12.0. The molecule has 0 fully saturated rings. The minimum Gasteiger partial charge on any atom is -0.382 e. The number of aromatic nitrogens is 5. The van der Waals surface area contributed by atoms with Crippen LogP contribution in [0, 0.1) is 16.7 Å². The molecule has 0 amide bonds. The third kappa shape index (κ3) is 7.40. The van der Waals surface area contributed by atoms with Gasteiger partial charge in [0.1, 0.15) is 23.3 Å². The van der Waals surface area contributed by atoms with Gasteiger partial charge in [0.25, 0.3) is 0 Å². The van der Waals surface area contributed by atoms with Crippen LogP contribution < -0.4 is 11.5 Å². The van der Waals surface area contributed by atoms with E-state index in [1.807, 2.05) is 6.07 Å². The second-order valence-electron chi connectivity index (χ2n) is 5.48. The van der Waals surface area contributed by atoms with Crippen LogP contribution in [0.5, 0.6) is 0 Å². The normalized spacial score (nSPS) is 9.44. The Morgan fingerprint density at radius 1 is 0.938 bits per heavy atom. The van der Waals surface area contributed by atoms with Crippen LogP contribution >= 0.6 is 46.3 Å². The fraction of sp³-hybridized carbons (Fsp3) is 0. The maximum absolute atomic E-state index is 8.32. The van der Waals surface area contributed by atoms with Crippen LogP contribution in [-0.4, -0.2) is 30.1 Å². The van der Waals surface area contributed by atoms with Crippen molar-refractivity contribution in [2.75, 3.05) is 5.73 Å². The molecule has 0 bridgehead atoms. The van der Waals surface area contributed by atoms with Gasteiger partial charge in [-0.25, -0.2) is 4.98 Å². The third-order valence-electron chi connectivity index (χ3n) is 3.29. The Balaban J connectivity index is 0.000000174. The van der Waals surface area contributed by atoms with Crippen molar-refractivity contribution in [3.63, 3.8) is 0 Å². The molecule has 0 unspecified atom stereocenters. The number of nitriles is 1. The van der Waals surface area contributed by atoms with E-state index in [1.165, 1.54) is 6.20 Å². The first-order valence-electron chi connectivity index (χ1n) is 8.49. The number of nitrogen functional groups attached to an aromatic ring is 2. The number of pyridine rings is 3. The second kappa shape index (κ2) is 12.5. The van der Waals surface area contributed by atoms with E-state index < -0.39 is 0 Å². The number of hydrogen-bond acceptors (Lipinski definition) is 9. The van der Waals surface area contributed by atoms with Crippen LogP contribution in [0.4, 0.5) is 5.13 Å². The lowest BCUT2D eigenvalue weighted by Gasteiger charge is -1.96. The summed E-state index contributed by atoms with van der Waals surface area (Å²) in [5.41, 5.74) is 11.8. The Bertz CT molecular complexity index is 1240. The van der Waals surface area contributed by atoms with Crippen LogP contribution in [0.25, 0.3) is 11.5 Å². The van der Waals surface area contributed by atoms with E-state index in [0.717, 1.165) is 11.5 Å². The number of rotatable bonds is 2. The highest BCUT2D eigenvalue weighted by molar-refractivity contribution is 7.09. The van der Waals surface area contributed by atoms with E-state index in [4.69, 9.17) is 56.9 Å². The predicted molar refractivity (Wildman–Crippen MR) is 127 cm³/mol. The average molecular weight is 507 g/mol.